The van der Waals surface area contributed by atoms with Crippen LogP contribution in [-0.4, -0.2) is 15.0 Å². The van der Waals surface area contributed by atoms with Crippen LogP contribution in [0.15, 0.2) is 200 Å². The van der Waals surface area contributed by atoms with E-state index in [4.69, 9.17) is 9.97 Å². The maximum atomic E-state index is 5.18. The molecule has 0 fully saturated rings. The zero-order valence-electron chi connectivity index (χ0n) is 36.8. The maximum Gasteiger partial charge on any atom is 0.160 e. The van der Waals surface area contributed by atoms with Crippen LogP contribution in [0.4, 0.5) is 0 Å². The first-order valence-corrected chi connectivity index (χ1v) is 22.1. The van der Waals surface area contributed by atoms with E-state index in [9.17, 15) is 0 Å². The first kappa shape index (κ1) is 42.9. The van der Waals surface area contributed by atoms with Crippen LogP contribution in [-0.2, 0) is 0 Å². The van der Waals surface area contributed by atoms with Crippen molar-refractivity contribution in [3.8, 4) is 67.3 Å². The van der Waals surface area contributed by atoms with E-state index in [1.807, 2.05) is 26.2 Å². The van der Waals surface area contributed by atoms with E-state index in [0.29, 0.717) is 5.82 Å². The zero-order valence-corrected chi connectivity index (χ0v) is 36.8. The fraction of sp³-hybridized carbons (Fsp3) is 0.136. The summed E-state index contributed by atoms with van der Waals surface area (Å²) in [5, 5.41) is 7.26. The summed E-state index contributed by atoms with van der Waals surface area (Å²) in [6, 6.07) is 66.6. The van der Waals surface area contributed by atoms with Gasteiger partial charge in [0.05, 0.1) is 11.4 Å². The molecule has 3 nitrogen and oxygen atoms in total. The van der Waals surface area contributed by atoms with Crippen LogP contribution in [0.25, 0.3) is 99.6 Å². The van der Waals surface area contributed by atoms with Crippen molar-refractivity contribution in [1.29, 1.82) is 0 Å². The van der Waals surface area contributed by atoms with Crippen molar-refractivity contribution in [2.75, 3.05) is 0 Å². The Hall–Kier alpha value is -7.23. The molecule has 2 heterocycles. The summed E-state index contributed by atoms with van der Waals surface area (Å²) in [5.74, 6) is 0.688. The monoisotopic (exact) mass is 805 g/mol. The number of nitrogens with zero attached hydrogens (tertiary/aromatic N) is 3. The third-order valence-electron chi connectivity index (χ3n) is 10.4. The number of pyridine rings is 1. The highest BCUT2D eigenvalue weighted by atomic mass is 14.9. The highest BCUT2D eigenvalue weighted by Crippen LogP contribution is 2.34. The average molecular weight is 806 g/mol. The standard InChI is InChI=1S/C51H33N3.2C3H8.C2H6/c1-2-10-42-30-43(29-18-34(42)8-1)35-16-23-39(24-17-35)49-31-50(40-25-19-38(20-26-40)48-33-52-32-44-11-4-6-14-47(44)48)54-51(53-49)41-27-21-37(22-28-41)46-15-7-12-36-9-3-5-13-45(36)46;2*1-3-2;1-2/h1-33H;2*3H2,1-2H3;1-2H3. The van der Waals surface area contributed by atoms with Crippen LogP contribution in [0.5, 0.6) is 0 Å². The Bertz CT molecular complexity index is 2850. The van der Waals surface area contributed by atoms with Gasteiger partial charge in [-0.05, 0) is 66.9 Å². The van der Waals surface area contributed by atoms with Crippen molar-refractivity contribution >= 4 is 32.3 Å². The number of aromatic nitrogens is 3. The van der Waals surface area contributed by atoms with E-state index in [2.05, 4.69) is 221 Å². The summed E-state index contributed by atoms with van der Waals surface area (Å²) in [5.41, 5.74) is 11.7. The molecular formula is C59H55N3. The van der Waals surface area contributed by atoms with E-state index < -0.39 is 0 Å². The normalized spacial score (nSPS) is 10.5. The number of benzene rings is 8. The SMILES string of the molecule is CC.CCC.CCC.c1ccc2cc(-c3ccc(-c4cc(-c5ccc(-c6cncc7ccccc67)cc5)nc(-c5ccc(-c6cccc7ccccc67)cc5)n4)cc3)ccc2c1. The van der Waals surface area contributed by atoms with Gasteiger partial charge < -0.3 is 0 Å². The molecule has 2 aromatic heterocycles. The van der Waals surface area contributed by atoms with Gasteiger partial charge in [-0.25, -0.2) is 9.97 Å². The first-order chi connectivity index (χ1) is 30.6. The Labute approximate surface area is 367 Å². The largest absolute Gasteiger partial charge is 0.263 e. The van der Waals surface area contributed by atoms with Crippen molar-refractivity contribution < 1.29 is 0 Å². The van der Waals surface area contributed by atoms with Gasteiger partial charge in [0.25, 0.3) is 0 Å². The molecule has 0 saturated carbocycles. The molecule has 0 saturated heterocycles. The molecule has 306 valence electrons. The molecule has 0 N–H and O–H groups in total. The Balaban J connectivity index is 0.000000677. The summed E-state index contributed by atoms with van der Waals surface area (Å²) in [6.07, 6.45) is 6.36. The van der Waals surface area contributed by atoms with Gasteiger partial charge in [0, 0.05) is 40.0 Å². The number of hydrogen-bond donors (Lipinski definition) is 0. The molecule has 62 heavy (non-hydrogen) atoms. The van der Waals surface area contributed by atoms with E-state index in [0.717, 1.165) is 50.2 Å². The average Bonchev–Trinajstić information content (AvgIpc) is 3.34. The highest BCUT2D eigenvalue weighted by molar-refractivity contribution is 5.97. The molecule has 10 rings (SSSR count). The molecule has 8 aromatic carbocycles. The van der Waals surface area contributed by atoms with E-state index in [1.54, 1.807) is 0 Å². The molecule has 0 aliphatic carbocycles. The van der Waals surface area contributed by atoms with Gasteiger partial charge in [-0.15, -0.1) is 0 Å². The topological polar surface area (TPSA) is 38.7 Å². The van der Waals surface area contributed by atoms with Gasteiger partial charge >= 0.3 is 0 Å². The lowest BCUT2D eigenvalue weighted by Gasteiger charge is -2.12. The van der Waals surface area contributed by atoms with Gasteiger partial charge in [-0.2, -0.15) is 0 Å². The second kappa shape index (κ2) is 20.8. The van der Waals surface area contributed by atoms with Crippen LogP contribution in [0, 0.1) is 0 Å². The van der Waals surface area contributed by atoms with E-state index >= 15 is 0 Å². The maximum absolute atomic E-state index is 5.18. The Kier molecular flexibility index (Phi) is 14.4. The number of hydrogen-bond acceptors (Lipinski definition) is 3. The van der Waals surface area contributed by atoms with Gasteiger partial charge in [0.15, 0.2) is 5.82 Å². The molecule has 0 unspecified atom stereocenters. The molecule has 0 bridgehead atoms. The Morgan fingerprint density at radius 1 is 0.323 bits per heavy atom. The second-order valence-corrected chi connectivity index (χ2v) is 15.1. The van der Waals surface area contributed by atoms with Gasteiger partial charge in [0.1, 0.15) is 0 Å². The van der Waals surface area contributed by atoms with Crippen LogP contribution in [0.3, 0.4) is 0 Å². The third kappa shape index (κ3) is 9.70. The lowest BCUT2D eigenvalue weighted by atomic mass is 9.97. The second-order valence-electron chi connectivity index (χ2n) is 15.1. The lowest BCUT2D eigenvalue weighted by molar-refractivity contribution is 1.09. The van der Waals surface area contributed by atoms with Crippen molar-refractivity contribution in [3.63, 3.8) is 0 Å². The lowest BCUT2D eigenvalue weighted by Crippen LogP contribution is -1.96. The molecule has 0 amide bonds. The van der Waals surface area contributed by atoms with Gasteiger partial charge in [-0.1, -0.05) is 230 Å². The molecule has 10 aromatic rings. The van der Waals surface area contributed by atoms with Crippen molar-refractivity contribution in [3.05, 3.63) is 200 Å². The zero-order chi connectivity index (χ0) is 43.3. The summed E-state index contributed by atoms with van der Waals surface area (Å²) in [4.78, 5) is 14.9. The Morgan fingerprint density at radius 2 is 0.758 bits per heavy atom. The summed E-state index contributed by atoms with van der Waals surface area (Å²) < 4.78 is 0. The molecule has 3 heteroatoms. The minimum Gasteiger partial charge on any atom is -0.263 e. The van der Waals surface area contributed by atoms with Crippen molar-refractivity contribution in [2.45, 2.75) is 54.4 Å². The van der Waals surface area contributed by atoms with Crippen LogP contribution in [0.2, 0.25) is 0 Å². The molecule has 0 aliphatic rings. The van der Waals surface area contributed by atoms with Crippen LogP contribution >= 0.6 is 0 Å². The van der Waals surface area contributed by atoms with E-state index in [1.165, 1.54) is 56.5 Å². The predicted molar refractivity (Wildman–Crippen MR) is 268 cm³/mol. The smallest absolute Gasteiger partial charge is 0.160 e. The number of rotatable bonds is 6. The summed E-state index contributed by atoms with van der Waals surface area (Å²) >= 11 is 0. The van der Waals surface area contributed by atoms with Crippen LogP contribution < -0.4 is 0 Å². The minimum absolute atomic E-state index is 0.688. The van der Waals surface area contributed by atoms with Gasteiger partial charge in [-0.3, -0.25) is 4.98 Å². The molecule has 0 aliphatic heterocycles. The molecule has 0 radical (unpaired) electrons. The van der Waals surface area contributed by atoms with Gasteiger partial charge in [0.2, 0.25) is 0 Å². The Morgan fingerprint density at radius 3 is 1.37 bits per heavy atom. The molecule has 0 atom stereocenters. The molecule has 0 spiro atoms. The quantitative estimate of drug-likeness (QED) is 0.168. The van der Waals surface area contributed by atoms with E-state index in [-0.39, 0.29) is 0 Å². The highest BCUT2D eigenvalue weighted by Gasteiger charge is 2.13. The summed E-state index contributed by atoms with van der Waals surface area (Å²) in [7, 11) is 0. The first-order valence-electron chi connectivity index (χ1n) is 22.1. The third-order valence-corrected chi connectivity index (χ3v) is 10.4. The fourth-order valence-corrected chi connectivity index (χ4v) is 7.52. The van der Waals surface area contributed by atoms with Crippen molar-refractivity contribution in [1.82, 2.24) is 15.0 Å². The van der Waals surface area contributed by atoms with Crippen LogP contribution in [0.1, 0.15) is 54.4 Å². The fourth-order valence-electron chi connectivity index (χ4n) is 7.52. The van der Waals surface area contributed by atoms with Crippen molar-refractivity contribution in [2.24, 2.45) is 0 Å². The predicted octanol–water partition coefficient (Wildman–Crippen LogP) is 17.2. The number of fused-ring (bicyclic) bond motifs is 3. The minimum atomic E-state index is 0.688. The summed E-state index contributed by atoms with van der Waals surface area (Å²) in [6.45, 7) is 12.5. The molecular weight excluding hydrogens is 751 g/mol.